The number of halogens is 1. The van der Waals surface area contributed by atoms with E-state index in [1.165, 1.54) is 0 Å². The van der Waals surface area contributed by atoms with Crippen molar-refractivity contribution in [1.82, 2.24) is 4.98 Å². The van der Waals surface area contributed by atoms with Gasteiger partial charge in [-0.25, -0.2) is 4.98 Å². The maximum atomic E-state index is 11.6. The van der Waals surface area contributed by atoms with Gasteiger partial charge in [0.05, 0.1) is 17.6 Å². The number of fused-ring (bicyclic) bond motifs is 2. The standard InChI is InChI=1S/C12H8ClNO3/c1-16-6-2-3-7-8(4-6)14-12-10(11(7)13)9(15)5-17-12/h2-4H,5H2,1H3. The Morgan fingerprint density at radius 1 is 1.47 bits per heavy atom. The first kappa shape index (κ1) is 10.4. The molecule has 0 amide bonds. The summed E-state index contributed by atoms with van der Waals surface area (Å²) in [5.41, 5.74) is 1.03. The van der Waals surface area contributed by atoms with Crippen LogP contribution in [0.3, 0.4) is 0 Å². The SMILES string of the molecule is COc1ccc2c(Cl)c3c(nc2c1)OCC3=O. The second kappa shape index (κ2) is 3.60. The quantitative estimate of drug-likeness (QED) is 0.779. The predicted octanol–water partition coefficient (Wildman–Crippen LogP) is 2.47. The minimum Gasteiger partial charge on any atom is -0.497 e. The number of carbonyl (C=O) groups is 1. The largest absolute Gasteiger partial charge is 0.497 e. The maximum Gasteiger partial charge on any atom is 0.227 e. The molecule has 4 nitrogen and oxygen atoms in total. The van der Waals surface area contributed by atoms with Crippen LogP contribution >= 0.6 is 11.6 Å². The number of ketones is 1. The lowest BCUT2D eigenvalue weighted by Crippen LogP contribution is -1.99. The van der Waals surface area contributed by atoms with Gasteiger partial charge in [-0.3, -0.25) is 4.79 Å². The molecule has 5 heteroatoms. The summed E-state index contributed by atoms with van der Waals surface area (Å²) in [6.45, 7) is 0.00943. The molecule has 0 atom stereocenters. The van der Waals surface area contributed by atoms with E-state index in [1.54, 1.807) is 25.3 Å². The summed E-state index contributed by atoms with van der Waals surface area (Å²) < 4.78 is 10.3. The lowest BCUT2D eigenvalue weighted by molar-refractivity contribution is 0.0960. The van der Waals surface area contributed by atoms with E-state index in [9.17, 15) is 4.79 Å². The summed E-state index contributed by atoms with van der Waals surface area (Å²) in [5.74, 6) is 0.862. The van der Waals surface area contributed by atoms with Crippen LogP contribution in [0.2, 0.25) is 5.02 Å². The van der Waals surface area contributed by atoms with Gasteiger partial charge in [0, 0.05) is 11.5 Å². The summed E-state index contributed by atoms with van der Waals surface area (Å²) >= 11 is 6.20. The van der Waals surface area contributed by atoms with E-state index in [2.05, 4.69) is 4.98 Å². The highest BCUT2D eigenvalue weighted by Crippen LogP contribution is 2.36. The third-order valence-corrected chi connectivity index (χ3v) is 3.11. The zero-order chi connectivity index (χ0) is 12.0. The Hall–Kier alpha value is -1.81. The van der Waals surface area contributed by atoms with E-state index in [-0.39, 0.29) is 12.4 Å². The molecule has 1 aromatic carbocycles. The van der Waals surface area contributed by atoms with Gasteiger partial charge in [0.2, 0.25) is 11.7 Å². The fraction of sp³-hybridized carbons (Fsp3) is 0.167. The van der Waals surface area contributed by atoms with Crippen molar-refractivity contribution in [1.29, 1.82) is 0 Å². The fourth-order valence-electron chi connectivity index (χ4n) is 1.86. The molecule has 0 N–H and O–H groups in total. The molecule has 0 bridgehead atoms. The first-order valence-electron chi connectivity index (χ1n) is 5.04. The number of pyridine rings is 1. The summed E-state index contributed by atoms with van der Waals surface area (Å²) in [6.07, 6.45) is 0. The Labute approximate surface area is 102 Å². The van der Waals surface area contributed by atoms with E-state index in [1.807, 2.05) is 0 Å². The minimum atomic E-state index is -0.129. The topological polar surface area (TPSA) is 48.4 Å². The zero-order valence-electron chi connectivity index (χ0n) is 8.99. The van der Waals surface area contributed by atoms with Crippen LogP contribution in [-0.2, 0) is 0 Å². The Morgan fingerprint density at radius 3 is 3.06 bits per heavy atom. The molecular weight excluding hydrogens is 242 g/mol. The smallest absolute Gasteiger partial charge is 0.227 e. The molecule has 0 spiro atoms. The number of Topliss-reactive ketones (excluding diaryl/α,β-unsaturated/α-hetero) is 1. The molecule has 1 aliphatic heterocycles. The number of benzene rings is 1. The van der Waals surface area contributed by atoms with Crippen molar-refractivity contribution in [3.05, 3.63) is 28.8 Å². The third-order valence-electron chi connectivity index (χ3n) is 2.72. The maximum absolute atomic E-state index is 11.6. The lowest BCUT2D eigenvalue weighted by Gasteiger charge is -2.06. The molecule has 1 aromatic heterocycles. The molecule has 0 aliphatic carbocycles. The average molecular weight is 250 g/mol. The van der Waals surface area contributed by atoms with Crippen molar-refractivity contribution >= 4 is 28.3 Å². The van der Waals surface area contributed by atoms with E-state index >= 15 is 0 Å². The summed E-state index contributed by atoms with van der Waals surface area (Å²) in [4.78, 5) is 15.8. The van der Waals surface area contributed by atoms with Crippen LogP contribution in [-0.4, -0.2) is 24.5 Å². The highest BCUT2D eigenvalue weighted by molar-refractivity contribution is 6.39. The van der Waals surface area contributed by atoms with E-state index < -0.39 is 0 Å². The molecule has 0 saturated carbocycles. The van der Waals surface area contributed by atoms with Crippen molar-refractivity contribution in [3.63, 3.8) is 0 Å². The Bertz CT molecular complexity index is 639. The van der Waals surface area contributed by atoms with Crippen molar-refractivity contribution in [3.8, 4) is 11.6 Å². The van der Waals surface area contributed by atoms with Crippen LogP contribution < -0.4 is 9.47 Å². The summed E-state index contributed by atoms with van der Waals surface area (Å²) in [6, 6.07) is 5.33. The molecular formula is C12H8ClNO3. The van der Waals surface area contributed by atoms with Gasteiger partial charge < -0.3 is 9.47 Å². The number of hydrogen-bond acceptors (Lipinski definition) is 4. The molecule has 2 heterocycles. The third kappa shape index (κ3) is 1.45. The van der Waals surface area contributed by atoms with Crippen LogP contribution in [0.5, 0.6) is 11.6 Å². The molecule has 3 rings (SSSR count). The summed E-state index contributed by atoms with van der Waals surface area (Å²) in [7, 11) is 1.58. The van der Waals surface area contributed by atoms with Gasteiger partial charge in [-0.1, -0.05) is 11.6 Å². The van der Waals surface area contributed by atoms with Gasteiger partial charge in [0.25, 0.3) is 0 Å². The van der Waals surface area contributed by atoms with Gasteiger partial charge in [0.15, 0.2) is 6.61 Å². The van der Waals surface area contributed by atoms with Gasteiger partial charge >= 0.3 is 0 Å². The van der Waals surface area contributed by atoms with Gasteiger partial charge in [0.1, 0.15) is 11.3 Å². The van der Waals surface area contributed by atoms with Crippen molar-refractivity contribution in [2.45, 2.75) is 0 Å². The molecule has 17 heavy (non-hydrogen) atoms. The number of methoxy groups -OCH3 is 1. The Kier molecular flexibility index (Phi) is 2.19. The Morgan fingerprint density at radius 2 is 2.29 bits per heavy atom. The molecule has 0 radical (unpaired) electrons. The number of nitrogens with zero attached hydrogens (tertiary/aromatic N) is 1. The number of ether oxygens (including phenoxy) is 2. The lowest BCUT2D eigenvalue weighted by atomic mass is 10.1. The van der Waals surface area contributed by atoms with Crippen molar-refractivity contribution in [2.75, 3.05) is 13.7 Å². The van der Waals surface area contributed by atoms with E-state index in [0.717, 1.165) is 5.39 Å². The second-order valence-electron chi connectivity index (χ2n) is 3.70. The predicted molar refractivity (Wildman–Crippen MR) is 63.1 cm³/mol. The van der Waals surface area contributed by atoms with Crippen LogP contribution in [0.1, 0.15) is 10.4 Å². The van der Waals surface area contributed by atoms with Gasteiger partial charge in [-0.2, -0.15) is 0 Å². The first-order chi connectivity index (χ1) is 8.20. The average Bonchev–Trinajstić information content (AvgIpc) is 2.70. The van der Waals surface area contributed by atoms with E-state index in [0.29, 0.717) is 27.7 Å². The van der Waals surface area contributed by atoms with Gasteiger partial charge in [-0.05, 0) is 12.1 Å². The number of hydrogen-bond donors (Lipinski definition) is 0. The molecule has 0 fully saturated rings. The first-order valence-corrected chi connectivity index (χ1v) is 5.42. The van der Waals surface area contributed by atoms with Crippen LogP contribution in [0.25, 0.3) is 10.9 Å². The van der Waals surface area contributed by atoms with Gasteiger partial charge in [-0.15, -0.1) is 0 Å². The van der Waals surface area contributed by atoms with Crippen LogP contribution in [0.15, 0.2) is 18.2 Å². The number of rotatable bonds is 1. The zero-order valence-corrected chi connectivity index (χ0v) is 9.75. The van der Waals surface area contributed by atoms with Crippen LogP contribution in [0.4, 0.5) is 0 Å². The summed E-state index contributed by atoms with van der Waals surface area (Å²) in [5, 5.41) is 1.13. The molecule has 0 saturated heterocycles. The minimum absolute atomic E-state index is 0.00943. The molecule has 2 aromatic rings. The molecule has 86 valence electrons. The number of aromatic nitrogens is 1. The highest BCUT2D eigenvalue weighted by atomic mass is 35.5. The second-order valence-corrected chi connectivity index (χ2v) is 4.08. The van der Waals surface area contributed by atoms with Crippen molar-refractivity contribution in [2.24, 2.45) is 0 Å². The normalized spacial score (nSPS) is 13.6. The molecule has 1 aliphatic rings. The Balaban J connectivity index is 2.35. The number of carbonyl (C=O) groups excluding carboxylic acids is 1. The highest BCUT2D eigenvalue weighted by Gasteiger charge is 2.27. The monoisotopic (exact) mass is 249 g/mol. The van der Waals surface area contributed by atoms with Crippen LogP contribution in [0, 0.1) is 0 Å². The molecule has 0 unspecified atom stereocenters. The van der Waals surface area contributed by atoms with Crippen molar-refractivity contribution < 1.29 is 14.3 Å². The van der Waals surface area contributed by atoms with E-state index in [4.69, 9.17) is 21.1 Å². The fourth-order valence-corrected chi connectivity index (χ4v) is 2.21.